The van der Waals surface area contributed by atoms with E-state index in [1.807, 2.05) is 4.57 Å². The van der Waals surface area contributed by atoms with Crippen LogP contribution in [0, 0.1) is 17.6 Å². The molecule has 5 rings (SSSR count). The summed E-state index contributed by atoms with van der Waals surface area (Å²) in [6, 6.07) is 7.07. The maximum atomic E-state index is 14.4. The molecule has 3 aromatic rings. The number of sulfonamides is 1. The lowest BCUT2D eigenvalue weighted by molar-refractivity contribution is 0.0960. The average molecular weight is 556 g/mol. The maximum absolute atomic E-state index is 14.4. The first kappa shape index (κ1) is 25.9. The standard InChI is InChI=1S/C25H28ClF2N3O3S2/c1-16-4-2-10-30(13-16)36(32,33)18-6-9-23-22(12-18)29-25(31(23)14-17-5-3-11-34-17)35-15-19-20(27)7-8-21(28)24(19)26/h6-9,12,16-17H,2-5,10-11,13-15H2,1H3. The van der Waals surface area contributed by atoms with Gasteiger partial charge in [-0.25, -0.2) is 22.2 Å². The van der Waals surface area contributed by atoms with Crippen LogP contribution < -0.4 is 0 Å². The van der Waals surface area contributed by atoms with Crippen LogP contribution in [0.2, 0.25) is 5.02 Å². The van der Waals surface area contributed by atoms with Crippen LogP contribution in [0.4, 0.5) is 8.78 Å². The van der Waals surface area contributed by atoms with Crippen molar-refractivity contribution in [2.24, 2.45) is 5.92 Å². The molecule has 0 saturated carbocycles. The van der Waals surface area contributed by atoms with Crippen LogP contribution in [0.25, 0.3) is 11.0 Å². The normalized spacial score (nSPS) is 21.4. The van der Waals surface area contributed by atoms with Gasteiger partial charge < -0.3 is 9.30 Å². The van der Waals surface area contributed by atoms with Crippen LogP contribution in [0.5, 0.6) is 0 Å². The summed E-state index contributed by atoms with van der Waals surface area (Å²) < 4.78 is 64.3. The Morgan fingerprint density at radius 2 is 1.97 bits per heavy atom. The zero-order chi connectivity index (χ0) is 25.4. The third-order valence-corrected chi connectivity index (χ3v) is 10.1. The highest BCUT2D eigenvalue weighted by molar-refractivity contribution is 7.98. The van der Waals surface area contributed by atoms with Crippen LogP contribution in [-0.2, 0) is 27.1 Å². The molecule has 0 N–H and O–H groups in total. The Kier molecular flexibility index (Phi) is 7.61. The number of aromatic nitrogens is 2. The smallest absolute Gasteiger partial charge is 0.243 e. The average Bonchev–Trinajstić information content (AvgIpc) is 3.49. The summed E-state index contributed by atoms with van der Waals surface area (Å²) in [5.74, 6) is -0.863. The molecule has 0 radical (unpaired) electrons. The highest BCUT2D eigenvalue weighted by atomic mass is 35.5. The Hall–Kier alpha value is -1.72. The van der Waals surface area contributed by atoms with Crippen LogP contribution in [0.1, 0.15) is 38.2 Å². The van der Waals surface area contributed by atoms with Crippen molar-refractivity contribution in [3.63, 3.8) is 0 Å². The monoisotopic (exact) mass is 555 g/mol. The molecular formula is C25H28ClF2N3O3S2. The van der Waals surface area contributed by atoms with Gasteiger partial charge in [0, 0.05) is 31.0 Å². The number of halogens is 3. The Labute approximate surface area is 219 Å². The molecule has 2 atom stereocenters. The van der Waals surface area contributed by atoms with E-state index in [0.29, 0.717) is 42.8 Å². The molecular weight excluding hydrogens is 528 g/mol. The van der Waals surface area contributed by atoms with Crippen molar-refractivity contribution in [2.75, 3.05) is 19.7 Å². The van der Waals surface area contributed by atoms with Gasteiger partial charge >= 0.3 is 0 Å². The number of thioether (sulfide) groups is 1. The van der Waals surface area contributed by atoms with Gasteiger partial charge in [0.1, 0.15) is 11.6 Å². The zero-order valence-corrected chi connectivity index (χ0v) is 22.3. The quantitative estimate of drug-likeness (QED) is 0.270. The number of rotatable bonds is 7. The van der Waals surface area contributed by atoms with Crippen molar-refractivity contribution in [3.05, 3.63) is 52.6 Å². The van der Waals surface area contributed by atoms with Gasteiger partial charge in [-0.3, -0.25) is 0 Å². The lowest BCUT2D eigenvalue weighted by atomic mass is 10.0. The van der Waals surface area contributed by atoms with Gasteiger partial charge in [-0.15, -0.1) is 0 Å². The number of piperidine rings is 1. The van der Waals surface area contributed by atoms with Gasteiger partial charge in [-0.1, -0.05) is 30.3 Å². The van der Waals surface area contributed by atoms with Gasteiger partial charge in [-0.05, 0) is 61.9 Å². The van der Waals surface area contributed by atoms with E-state index in [-0.39, 0.29) is 27.3 Å². The Morgan fingerprint density at radius 1 is 1.17 bits per heavy atom. The van der Waals surface area contributed by atoms with E-state index in [0.717, 1.165) is 43.3 Å². The molecule has 2 unspecified atom stereocenters. The van der Waals surface area contributed by atoms with Crippen LogP contribution in [-0.4, -0.2) is 48.1 Å². The van der Waals surface area contributed by atoms with Crippen molar-refractivity contribution in [3.8, 4) is 0 Å². The molecule has 36 heavy (non-hydrogen) atoms. The van der Waals surface area contributed by atoms with E-state index in [2.05, 4.69) is 6.92 Å². The molecule has 2 aromatic carbocycles. The molecule has 11 heteroatoms. The van der Waals surface area contributed by atoms with Gasteiger partial charge in [0.05, 0.1) is 33.6 Å². The molecule has 2 saturated heterocycles. The molecule has 2 aliphatic rings. The molecule has 1 aromatic heterocycles. The molecule has 2 aliphatic heterocycles. The minimum atomic E-state index is -3.64. The van der Waals surface area contributed by atoms with Crippen molar-refractivity contribution in [1.82, 2.24) is 13.9 Å². The number of fused-ring (bicyclic) bond motifs is 1. The summed E-state index contributed by atoms with van der Waals surface area (Å²) in [5.41, 5.74) is 1.37. The molecule has 0 bridgehead atoms. The van der Waals surface area contributed by atoms with Crippen molar-refractivity contribution < 1.29 is 21.9 Å². The van der Waals surface area contributed by atoms with E-state index < -0.39 is 21.7 Å². The van der Waals surface area contributed by atoms with Gasteiger partial charge in [-0.2, -0.15) is 4.31 Å². The Bertz CT molecular complexity index is 1380. The summed E-state index contributed by atoms with van der Waals surface area (Å²) >= 11 is 7.26. The van der Waals surface area contributed by atoms with Crippen LogP contribution in [0.15, 0.2) is 40.4 Å². The summed E-state index contributed by atoms with van der Waals surface area (Å²) in [7, 11) is -3.64. The molecule has 0 amide bonds. The van der Waals surface area contributed by atoms with Crippen LogP contribution in [0.3, 0.4) is 0 Å². The largest absolute Gasteiger partial charge is 0.376 e. The zero-order valence-electron chi connectivity index (χ0n) is 19.9. The third kappa shape index (κ3) is 5.15. The van der Waals surface area contributed by atoms with E-state index in [9.17, 15) is 17.2 Å². The van der Waals surface area contributed by atoms with Gasteiger partial charge in [0.2, 0.25) is 10.0 Å². The molecule has 0 spiro atoms. The summed E-state index contributed by atoms with van der Waals surface area (Å²) in [4.78, 5) is 4.92. The van der Waals surface area contributed by atoms with Gasteiger partial charge in [0.15, 0.2) is 5.16 Å². The van der Waals surface area contributed by atoms with E-state index in [1.165, 1.54) is 11.8 Å². The summed E-state index contributed by atoms with van der Waals surface area (Å²) in [6.45, 7) is 4.32. The van der Waals surface area contributed by atoms with E-state index >= 15 is 0 Å². The van der Waals surface area contributed by atoms with Crippen LogP contribution >= 0.6 is 23.4 Å². The van der Waals surface area contributed by atoms with Gasteiger partial charge in [0.25, 0.3) is 0 Å². The number of benzene rings is 2. The number of hydrogen-bond acceptors (Lipinski definition) is 5. The van der Waals surface area contributed by atoms with Crippen molar-refractivity contribution in [2.45, 2.75) is 61.1 Å². The van der Waals surface area contributed by atoms with E-state index in [1.54, 1.807) is 22.5 Å². The molecule has 6 nitrogen and oxygen atoms in total. The summed E-state index contributed by atoms with van der Waals surface area (Å²) in [5, 5.41) is 0.329. The minimum absolute atomic E-state index is 0.00879. The Morgan fingerprint density at radius 3 is 2.72 bits per heavy atom. The lowest BCUT2D eigenvalue weighted by Crippen LogP contribution is -2.39. The molecule has 0 aliphatic carbocycles. The molecule has 2 fully saturated rings. The lowest BCUT2D eigenvalue weighted by Gasteiger charge is -2.30. The Balaban J connectivity index is 1.49. The number of hydrogen-bond donors (Lipinski definition) is 0. The molecule has 194 valence electrons. The first-order valence-corrected chi connectivity index (χ1v) is 14.9. The first-order valence-electron chi connectivity index (χ1n) is 12.1. The first-order chi connectivity index (χ1) is 17.2. The SMILES string of the molecule is CC1CCCN(S(=O)(=O)c2ccc3c(c2)nc(SCc2c(F)ccc(F)c2Cl)n3CC2CCCO2)C1. The predicted molar refractivity (Wildman–Crippen MR) is 137 cm³/mol. The number of nitrogens with zero attached hydrogens (tertiary/aromatic N) is 3. The second-order valence-electron chi connectivity index (χ2n) is 9.51. The predicted octanol–water partition coefficient (Wildman–Crippen LogP) is 5.86. The van der Waals surface area contributed by atoms with Crippen molar-refractivity contribution in [1.29, 1.82) is 0 Å². The minimum Gasteiger partial charge on any atom is -0.376 e. The fraction of sp³-hybridized carbons (Fsp3) is 0.480. The fourth-order valence-electron chi connectivity index (χ4n) is 4.88. The second kappa shape index (κ2) is 10.6. The second-order valence-corrected chi connectivity index (χ2v) is 12.8. The highest BCUT2D eigenvalue weighted by Crippen LogP contribution is 2.34. The van der Waals surface area contributed by atoms with Crippen molar-refractivity contribution >= 4 is 44.4 Å². The van der Waals surface area contributed by atoms with E-state index in [4.69, 9.17) is 21.3 Å². The number of imidazole rings is 1. The summed E-state index contributed by atoms with van der Waals surface area (Å²) in [6.07, 6.45) is 3.76. The maximum Gasteiger partial charge on any atom is 0.243 e. The highest BCUT2D eigenvalue weighted by Gasteiger charge is 2.30. The topological polar surface area (TPSA) is 64.4 Å². The fourth-order valence-corrected chi connectivity index (χ4v) is 7.84. The third-order valence-electron chi connectivity index (χ3n) is 6.84. The number of ether oxygens (including phenoxy) is 1. The molecule has 3 heterocycles.